The van der Waals surface area contributed by atoms with Crippen LogP contribution in [0.5, 0.6) is 0 Å². The summed E-state index contributed by atoms with van der Waals surface area (Å²) in [5.74, 6) is 1.27. The Bertz CT molecular complexity index is 502. The lowest BCUT2D eigenvalue weighted by Gasteiger charge is -2.22. The molecular weight excluding hydrogens is 276 g/mol. The highest BCUT2D eigenvalue weighted by molar-refractivity contribution is 5.61. The average molecular weight is 302 g/mol. The minimum Gasteiger partial charge on any atom is -0.434 e. The molecule has 0 spiro atoms. The molecule has 3 heteroatoms. The van der Waals surface area contributed by atoms with E-state index in [4.69, 9.17) is 9.47 Å². The molecule has 3 nitrogen and oxygen atoms in total. The second-order valence-electron chi connectivity index (χ2n) is 5.83. The zero-order valence-electron chi connectivity index (χ0n) is 13.6. The van der Waals surface area contributed by atoms with Crippen molar-refractivity contribution in [1.29, 1.82) is 0 Å². The number of ether oxygens (including phenoxy) is 2. The fourth-order valence-electron chi connectivity index (χ4n) is 2.77. The fourth-order valence-corrected chi connectivity index (χ4v) is 2.77. The van der Waals surface area contributed by atoms with E-state index in [1.807, 2.05) is 13.0 Å². The van der Waals surface area contributed by atoms with E-state index in [0.29, 0.717) is 12.5 Å². The molecular formula is C19H26O3. The summed E-state index contributed by atoms with van der Waals surface area (Å²) < 4.78 is 10.2. The van der Waals surface area contributed by atoms with E-state index in [-0.39, 0.29) is 0 Å². The maximum absolute atomic E-state index is 11.4. The molecule has 2 rings (SSSR count). The molecule has 0 bridgehead atoms. The number of aryl methyl sites for hydroxylation is 1. The zero-order chi connectivity index (χ0) is 15.8. The van der Waals surface area contributed by atoms with E-state index in [1.165, 1.54) is 17.5 Å². The van der Waals surface area contributed by atoms with Crippen molar-refractivity contribution < 1.29 is 14.3 Å². The van der Waals surface area contributed by atoms with E-state index in [0.717, 1.165) is 37.9 Å². The van der Waals surface area contributed by atoms with Gasteiger partial charge in [-0.3, -0.25) is 0 Å². The monoisotopic (exact) mass is 302 g/mol. The first-order valence-electron chi connectivity index (χ1n) is 8.35. The van der Waals surface area contributed by atoms with Gasteiger partial charge in [0.2, 0.25) is 0 Å². The van der Waals surface area contributed by atoms with Crippen molar-refractivity contribution in [3.05, 3.63) is 47.2 Å². The maximum atomic E-state index is 11.4. The molecule has 1 aliphatic carbocycles. The lowest BCUT2D eigenvalue weighted by molar-refractivity contribution is 0.0737. The van der Waals surface area contributed by atoms with Gasteiger partial charge in [0.15, 0.2) is 0 Å². The SMILES string of the molecule is CCCOC(=O)OC1=CCC(c2ccc(CCC)cc2)CC1. The summed E-state index contributed by atoms with van der Waals surface area (Å²) in [6.45, 7) is 4.58. The normalized spacial score (nSPS) is 17.7. The van der Waals surface area contributed by atoms with Crippen LogP contribution in [0.4, 0.5) is 4.79 Å². The molecule has 0 heterocycles. The molecule has 1 aliphatic rings. The maximum Gasteiger partial charge on any atom is 0.513 e. The lowest BCUT2D eigenvalue weighted by Crippen LogP contribution is -2.12. The summed E-state index contributed by atoms with van der Waals surface area (Å²) in [6.07, 6.45) is 7.32. The molecule has 0 fully saturated rings. The van der Waals surface area contributed by atoms with Crippen LogP contribution in [0.25, 0.3) is 0 Å². The highest BCUT2D eigenvalue weighted by Crippen LogP contribution is 2.32. The second kappa shape index (κ2) is 8.62. The number of benzene rings is 1. The van der Waals surface area contributed by atoms with Gasteiger partial charge in [0.05, 0.1) is 6.61 Å². The molecule has 1 aromatic rings. The van der Waals surface area contributed by atoms with E-state index in [9.17, 15) is 4.79 Å². The predicted octanol–water partition coefficient (Wildman–Crippen LogP) is 5.35. The van der Waals surface area contributed by atoms with Crippen molar-refractivity contribution in [2.45, 2.75) is 58.3 Å². The summed E-state index contributed by atoms with van der Waals surface area (Å²) in [5, 5.41) is 0. The van der Waals surface area contributed by atoms with Crippen LogP contribution in [0.3, 0.4) is 0 Å². The van der Waals surface area contributed by atoms with Gasteiger partial charge in [-0.1, -0.05) is 44.5 Å². The quantitative estimate of drug-likeness (QED) is 0.664. The van der Waals surface area contributed by atoms with Crippen molar-refractivity contribution in [1.82, 2.24) is 0 Å². The van der Waals surface area contributed by atoms with Crippen molar-refractivity contribution in [2.24, 2.45) is 0 Å². The standard InChI is InChI=1S/C19H26O3/c1-3-5-15-6-8-16(9-7-15)17-10-12-18(13-11-17)22-19(20)21-14-4-2/h6-9,12,17H,3-5,10-11,13-14H2,1-2H3. The molecule has 0 saturated carbocycles. The zero-order valence-corrected chi connectivity index (χ0v) is 13.6. The van der Waals surface area contributed by atoms with Gasteiger partial charge in [-0.15, -0.1) is 0 Å². The van der Waals surface area contributed by atoms with Crippen molar-refractivity contribution in [2.75, 3.05) is 6.61 Å². The number of carbonyl (C=O) groups is 1. The molecule has 120 valence electrons. The van der Waals surface area contributed by atoms with Crippen LogP contribution in [0.2, 0.25) is 0 Å². The molecule has 0 aliphatic heterocycles. The van der Waals surface area contributed by atoms with Crippen LogP contribution >= 0.6 is 0 Å². The first-order valence-corrected chi connectivity index (χ1v) is 8.35. The van der Waals surface area contributed by atoms with Gasteiger partial charge in [0.1, 0.15) is 5.76 Å². The third kappa shape index (κ3) is 4.90. The second-order valence-corrected chi connectivity index (χ2v) is 5.83. The smallest absolute Gasteiger partial charge is 0.434 e. The highest BCUT2D eigenvalue weighted by Gasteiger charge is 2.19. The topological polar surface area (TPSA) is 35.5 Å². The Morgan fingerprint density at radius 3 is 2.55 bits per heavy atom. The van der Waals surface area contributed by atoms with Crippen LogP contribution in [0.1, 0.15) is 63.0 Å². The summed E-state index contributed by atoms with van der Waals surface area (Å²) in [4.78, 5) is 11.4. The Hall–Kier alpha value is -1.77. The van der Waals surface area contributed by atoms with Crippen molar-refractivity contribution >= 4 is 6.16 Å². The van der Waals surface area contributed by atoms with Crippen molar-refractivity contribution in [3.8, 4) is 0 Å². The molecule has 1 aromatic carbocycles. The fraction of sp³-hybridized carbons (Fsp3) is 0.526. The number of hydrogen-bond acceptors (Lipinski definition) is 3. The van der Waals surface area contributed by atoms with Crippen LogP contribution in [0.15, 0.2) is 36.1 Å². The lowest BCUT2D eigenvalue weighted by atomic mass is 9.86. The molecule has 0 saturated heterocycles. The Labute approximate surface area is 133 Å². The first kappa shape index (κ1) is 16.6. The molecule has 0 aromatic heterocycles. The van der Waals surface area contributed by atoms with Gasteiger partial charge >= 0.3 is 6.16 Å². The van der Waals surface area contributed by atoms with Gasteiger partial charge in [-0.05, 0) is 48.8 Å². The average Bonchev–Trinajstić information content (AvgIpc) is 2.55. The number of rotatable bonds is 6. The van der Waals surface area contributed by atoms with Crippen LogP contribution in [-0.4, -0.2) is 12.8 Å². The Morgan fingerprint density at radius 2 is 1.95 bits per heavy atom. The minimum atomic E-state index is -0.574. The number of allylic oxidation sites excluding steroid dienone is 2. The minimum absolute atomic E-state index is 0.416. The molecule has 0 N–H and O–H groups in total. The number of carbonyl (C=O) groups excluding carboxylic acids is 1. The van der Waals surface area contributed by atoms with E-state index < -0.39 is 6.16 Å². The third-order valence-electron chi connectivity index (χ3n) is 4.00. The molecule has 22 heavy (non-hydrogen) atoms. The predicted molar refractivity (Wildman–Crippen MR) is 87.8 cm³/mol. The van der Waals surface area contributed by atoms with Crippen LogP contribution in [0, 0.1) is 0 Å². The van der Waals surface area contributed by atoms with E-state index >= 15 is 0 Å². The third-order valence-corrected chi connectivity index (χ3v) is 4.00. The summed E-state index contributed by atoms with van der Waals surface area (Å²) >= 11 is 0. The van der Waals surface area contributed by atoms with Crippen molar-refractivity contribution in [3.63, 3.8) is 0 Å². The van der Waals surface area contributed by atoms with Gasteiger partial charge in [0.25, 0.3) is 0 Å². The Morgan fingerprint density at radius 1 is 1.18 bits per heavy atom. The number of hydrogen-bond donors (Lipinski definition) is 0. The van der Waals surface area contributed by atoms with E-state index in [2.05, 4.69) is 31.2 Å². The highest BCUT2D eigenvalue weighted by atomic mass is 16.7. The van der Waals surface area contributed by atoms with Gasteiger partial charge in [0, 0.05) is 6.42 Å². The van der Waals surface area contributed by atoms with Gasteiger partial charge < -0.3 is 9.47 Å². The molecule has 1 unspecified atom stereocenters. The van der Waals surface area contributed by atoms with E-state index in [1.54, 1.807) is 0 Å². The van der Waals surface area contributed by atoms with Crippen LogP contribution < -0.4 is 0 Å². The summed E-state index contributed by atoms with van der Waals surface area (Å²) in [7, 11) is 0. The molecule has 0 radical (unpaired) electrons. The summed E-state index contributed by atoms with van der Waals surface area (Å²) in [5.41, 5.74) is 2.78. The molecule has 1 atom stereocenters. The Balaban J connectivity index is 1.86. The first-order chi connectivity index (χ1) is 10.7. The summed E-state index contributed by atoms with van der Waals surface area (Å²) in [6, 6.07) is 8.95. The molecule has 0 amide bonds. The van der Waals surface area contributed by atoms with Crippen LogP contribution in [-0.2, 0) is 15.9 Å². The van der Waals surface area contributed by atoms with Gasteiger partial charge in [-0.25, -0.2) is 4.79 Å². The largest absolute Gasteiger partial charge is 0.513 e. The Kier molecular flexibility index (Phi) is 6.50. The van der Waals surface area contributed by atoms with Gasteiger partial charge in [-0.2, -0.15) is 0 Å².